The molecule has 0 aliphatic carbocycles. The maximum Gasteiger partial charge on any atom is 0.325 e. The van der Waals surface area contributed by atoms with Crippen molar-refractivity contribution in [3.63, 3.8) is 0 Å². The first-order valence-corrected chi connectivity index (χ1v) is 7.10. The second-order valence-corrected chi connectivity index (χ2v) is 4.86. The second kappa shape index (κ2) is 9.40. The summed E-state index contributed by atoms with van der Waals surface area (Å²) in [6.45, 7) is 3.82. The third-order valence-corrected chi connectivity index (χ3v) is 2.58. The number of unbranched alkanes of at least 4 members (excludes halogenated alkanes) is 1. The van der Waals surface area contributed by atoms with E-state index in [0.29, 0.717) is 24.2 Å². The molecule has 1 rings (SSSR count). The number of amides is 1. The second-order valence-electron chi connectivity index (χ2n) is 4.86. The summed E-state index contributed by atoms with van der Waals surface area (Å²) in [5.74, 6) is -0.195. The number of nitrogens with one attached hydrogen (secondary N) is 1. The van der Waals surface area contributed by atoms with E-state index in [0.717, 1.165) is 0 Å². The molecular formula is C16H20N2O4. The van der Waals surface area contributed by atoms with Crippen molar-refractivity contribution in [1.29, 1.82) is 5.26 Å². The highest BCUT2D eigenvalue weighted by molar-refractivity contribution is 5.95. The Morgan fingerprint density at radius 2 is 1.95 bits per heavy atom. The quantitative estimate of drug-likeness (QED) is 0.586. The molecule has 0 saturated carbocycles. The molecule has 0 aliphatic heterocycles. The largest absolute Gasteiger partial charge is 0.491 e. The van der Waals surface area contributed by atoms with E-state index in [1.165, 1.54) is 0 Å². The highest BCUT2D eigenvalue weighted by Crippen LogP contribution is 2.13. The minimum atomic E-state index is -0.522. The summed E-state index contributed by atoms with van der Waals surface area (Å²) in [5.41, 5.74) is 0.438. The van der Waals surface area contributed by atoms with E-state index in [1.54, 1.807) is 24.3 Å². The molecule has 6 nitrogen and oxygen atoms in total. The lowest BCUT2D eigenvalue weighted by atomic mass is 10.2. The van der Waals surface area contributed by atoms with Crippen LogP contribution >= 0.6 is 0 Å². The lowest BCUT2D eigenvalue weighted by molar-refractivity contribution is -0.142. The summed E-state index contributed by atoms with van der Waals surface area (Å²) in [4.78, 5) is 23.2. The van der Waals surface area contributed by atoms with Gasteiger partial charge in [-0.05, 0) is 44.5 Å². The van der Waals surface area contributed by atoms with E-state index in [4.69, 9.17) is 14.7 Å². The average molecular weight is 304 g/mol. The van der Waals surface area contributed by atoms with Crippen LogP contribution < -0.4 is 10.1 Å². The number of carbonyl (C=O) groups excluding carboxylic acids is 2. The number of benzene rings is 1. The van der Waals surface area contributed by atoms with E-state index in [2.05, 4.69) is 5.32 Å². The molecule has 1 N–H and O–H groups in total. The summed E-state index contributed by atoms with van der Waals surface area (Å²) in [5, 5.41) is 10.8. The van der Waals surface area contributed by atoms with Crippen LogP contribution in [-0.2, 0) is 9.53 Å². The summed E-state index contributed by atoms with van der Waals surface area (Å²) >= 11 is 0. The molecule has 0 bridgehead atoms. The van der Waals surface area contributed by atoms with Gasteiger partial charge in [0.15, 0.2) is 0 Å². The Bertz CT molecular complexity index is 532. The molecule has 0 saturated heterocycles. The molecule has 0 aromatic heterocycles. The van der Waals surface area contributed by atoms with Gasteiger partial charge in [0.2, 0.25) is 0 Å². The molecule has 0 unspecified atom stereocenters. The normalized spacial score (nSPS) is 9.91. The minimum absolute atomic E-state index is 0.0653. The van der Waals surface area contributed by atoms with Gasteiger partial charge in [0, 0.05) is 12.0 Å². The van der Waals surface area contributed by atoms with Crippen molar-refractivity contribution in [3.8, 4) is 11.8 Å². The summed E-state index contributed by atoms with van der Waals surface area (Å²) < 4.78 is 10.4. The number of hydrogen-bond acceptors (Lipinski definition) is 5. The van der Waals surface area contributed by atoms with Crippen LogP contribution in [0.25, 0.3) is 0 Å². The van der Waals surface area contributed by atoms with Gasteiger partial charge in [0.25, 0.3) is 5.91 Å². The van der Waals surface area contributed by atoms with Crippen LogP contribution in [0, 0.1) is 11.3 Å². The predicted octanol–water partition coefficient (Wildman–Crippen LogP) is 2.05. The van der Waals surface area contributed by atoms with Crippen molar-refractivity contribution in [2.45, 2.75) is 32.8 Å². The van der Waals surface area contributed by atoms with Crippen molar-refractivity contribution >= 4 is 11.9 Å². The maximum absolute atomic E-state index is 11.9. The maximum atomic E-state index is 11.9. The molecule has 1 amide bonds. The fraction of sp³-hybridized carbons (Fsp3) is 0.438. The van der Waals surface area contributed by atoms with Crippen molar-refractivity contribution in [2.24, 2.45) is 0 Å². The number of rotatable bonds is 8. The molecule has 0 radical (unpaired) electrons. The van der Waals surface area contributed by atoms with Gasteiger partial charge in [-0.2, -0.15) is 5.26 Å². The van der Waals surface area contributed by atoms with Crippen LogP contribution in [0.15, 0.2) is 24.3 Å². The highest BCUT2D eigenvalue weighted by atomic mass is 16.5. The molecule has 118 valence electrons. The Balaban J connectivity index is 2.36. The zero-order valence-electron chi connectivity index (χ0n) is 12.8. The lowest BCUT2D eigenvalue weighted by Crippen LogP contribution is -2.30. The first kappa shape index (κ1) is 17.5. The van der Waals surface area contributed by atoms with E-state index in [-0.39, 0.29) is 25.2 Å². The zero-order chi connectivity index (χ0) is 16.4. The third-order valence-electron chi connectivity index (χ3n) is 2.58. The third kappa shape index (κ3) is 6.75. The van der Waals surface area contributed by atoms with E-state index in [9.17, 15) is 9.59 Å². The number of ether oxygens (including phenoxy) is 2. The van der Waals surface area contributed by atoms with Gasteiger partial charge < -0.3 is 14.8 Å². The zero-order valence-corrected chi connectivity index (χ0v) is 12.8. The Morgan fingerprint density at radius 3 is 2.55 bits per heavy atom. The van der Waals surface area contributed by atoms with Gasteiger partial charge in [0.05, 0.1) is 18.8 Å². The van der Waals surface area contributed by atoms with Crippen molar-refractivity contribution in [3.05, 3.63) is 29.8 Å². The molecule has 6 heteroatoms. The van der Waals surface area contributed by atoms with Gasteiger partial charge in [-0.3, -0.25) is 9.59 Å². The topological polar surface area (TPSA) is 88.4 Å². The van der Waals surface area contributed by atoms with Crippen LogP contribution in [0.4, 0.5) is 0 Å². The molecule has 22 heavy (non-hydrogen) atoms. The molecule has 0 atom stereocenters. The number of esters is 1. The van der Waals surface area contributed by atoms with E-state index < -0.39 is 5.97 Å². The molecular weight excluding hydrogens is 284 g/mol. The molecule has 1 aromatic carbocycles. The fourth-order valence-electron chi connectivity index (χ4n) is 1.60. The van der Waals surface area contributed by atoms with E-state index in [1.807, 2.05) is 19.9 Å². The van der Waals surface area contributed by atoms with Gasteiger partial charge in [-0.1, -0.05) is 0 Å². The van der Waals surface area contributed by atoms with Crippen molar-refractivity contribution in [1.82, 2.24) is 5.32 Å². The SMILES string of the molecule is CC(C)Oc1ccc(C(=O)NCC(=O)OCCCC#N)cc1. The van der Waals surface area contributed by atoms with Gasteiger partial charge in [-0.25, -0.2) is 0 Å². The van der Waals surface area contributed by atoms with Crippen molar-refractivity contribution in [2.75, 3.05) is 13.2 Å². The molecule has 0 fully saturated rings. The standard InChI is InChI=1S/C16H20N2O4/c1-12(2)22-14-7-5-13(6-8-14)16(20)18-11-15(19)21-10-4-3-9-17/h5-8,12H,3-4,10-11H2,1-2H3,(H,18,20). The van der Waals surface area contributed by atoms with Gasteiger partial charge in [0.1, 0.15) is 12.3 Å². The first-order chi connectivity index (χ1) is 10.5. The smallest absolute Gasteiger partial charge is 0.325 e. The number of nitriles is 1. The average Bonchev–Trinajstić information content (AvgIpc) is 2.49. The lowest BCUT2D eigenvalue weighted by Gasteiger charge is -2.10. The fourth-order valence-corrected chi connectivity index (χ4v) is 1.60. The highest BCUT2D eigenvalue weighted by Gasteiger charge is 2.09. The molecule has 0 spiro atoms. The summed E-state index contributed by atoms with van der Waals surface area (Å²) in [6, 6.07) is 8.63. The molecule has 0 heterocycles. The molecule has 1 aromatic rings. The monoisotopic (exact) mass is 304 g/mol. The first-order valence-electron chi connectivity index (χ1n) is 7.10. The number of carbonyl (C=O) groups is 2. The molecule has 0 aliphatic rings. The number of hydrogen-bond donors (Lipinski definition) is 1. The predicted molar refractivity (Wildman–Crippen MR) is 80.3 cm³/mol. The van der Waals surface area contributed by atoms with Crippen LogP contribution in [0.3, 0.4) is 0 Å². The Labute approximate surface area is 130 Å². The Morgan fingerprint density at radius 1 is 1.27 bits per heavy atom. The van der Waals surface area contributed by atoms with Gasteiger partial charge in [-0.15, -0.1) is 0 Å². The van der Waals surface area contributed by atoms with Crippen LogP contribution in [0.2, 0.25) is 0 Å². The minimum Gasteiger partial charge on any atom is -0.491 e. The van der Waals surface area contributed by atoms with E-state index >= 15 is 0 Å². The van der Waals surface area contributed by atoms with Crippen LogP contribution in [0.1, 0.15) is 37.0 Å². The van der Waals surface area contributed by atoms with Crippen molar-refractivity contribution < 1.29 is 19.1 Å². The Kier molecular flexibility index (Phi) is 7.48. The summed E-state index contributed by atoms with van der Waals surface area (Å²) in [6.07, 6.45) is 0.897. The van der Waals surface area contributed by atoms with Gasteiger partial charge >= 0.3 is 5.97 Å². The van der Waals surface area contributed by atoms with Crippen LogP contribution in [-0.4, -0.2) is 31.1 Å². The van der Waals surface area contributed by atoms with Crippen LogP contribution in [0.5, 0.6) is 5.75 Å². The Hall–Kier alpha value is -2.55. The number of nitrogens with zero attached hydrogens (tertiary/aromatic N) is 1. The summed E-state index contributed by atoms with van der Waals surface area (Å²) in [7, 11) is 0.